The average molecular weight is 184 g/mol. The van der Waals surface area contributed by atoms with Crippen molar-refractivity contribution in [1.82, 2.24) is 0 Å². The second-order valence-electron chi connectivity index (χ2n) is 5.08. The minimum Gasteiger partial charge on any atom is -0.0651 e. The molecule has 0 heterocycles. The summed E-state index contributed by atoms with van der Waals surface area (Å²) < 4.78 is 0. The topological polar surface area (TPSA) is 0 Å². The van der Waals surface area contributed by atoms with E-state index < -0.39 is 0 Å². The third kappa shape index (κ3) is 4.15. The molecule has 0 aromatic rings. The molecular formula is C13H28. The summed E-state index contributed by atoms with van der Waals surface area (Å²) in [6, 6.07) is 0. The van der Waals surface area contributed by atoms with Crippen LogP contribution in [-0.2, 0) is 0 Å². The highest BCUT2D eigenvalue weighted by Crippen LogP contribution is 2.36. The Kier molecular flexibility index (Phi) is 5.67. The third-order valence-corrected chi connectivity index (χ3v) is 4.14. The van der Waals surface area contributed by atoms with Crippen molar-refractivity contribution in [2.75, 3.05) is 0 Å². The molecule has 0 spiro atoms. The molecular weight excluding hydrogens is 156 g/mol. The van der Waals surface area contributed by atoms with Crippen LogP contribution in [0.15, 0.2) is 0 Å². The van der Waals surface area contributed by atoms with Crippen molar-refractivity contribution in [3.8, 4) is 0 Å². The molecule has 0 aromatic heterocycles. The van der Waals surface area contributed by atoms with E-state index in [4.69, 9.17) is 0 Å². The minimum absolute atomic E-state index is 0.586. The Labute approximate surface area is 85.1 Å². The molecule has 0 amide bonds. The van der Waals surface area contributed by atoms with Gasteiger partial charge in [-0.15, -0.1) is 0 Å². The number of hydrogen-bond acceptors (Lipinski definition) is 0. The molecule has 80 valence electrons. The second-order valence-corrected chi connectivity index (χ2v) is 5.08. The van der Waals surface area contributed by atoms with Gasteiger partial charge in [-0.3, -0.25) is 0 Å². The van der Waals surface area contributed by atoms with Crippen molar-refractivity contribution in [2.24, 2.45) is 17.3 Å². The first-order valence-corrected chi connectivity index (χ1v) is 5.99. The molecule has 0 saturated heterocycles. The van der Waals surface area contributed by atoms with Crippen LogP contribution in [0, 0.1) is 17.3 Å². The van der Waals surface area contributed by atoms with Gasteiger partial charge in [-0.25, -0.2) is 0 Å². The zero-order chi connectivity index (χ0) is 10.5. The van der Waals surface area contributed by atoms with Crippen LogP contribution in [0.4, 0.5) is 0 Å². The van der Waals surface area contributed by atoms with Gasteiger partial charge in [-0.2, -0.15) is 0 Å². The quantitative estimate of drug-likeness (QED) is 0.551. The lowest BCUT2D eigenvalue weighted by atomic mass is 9.74. The van der Waals surface area contributed by atoms with Gasteiger partial charge in [0.15, 0.2) is 0 Å². The fourth-order valence-electron chi connectivity index (χ4n) is 1.92. The highest BCUT2D eigenvalue weighted by Gasteiger charge is 2.24. The van der Waals surface area contributed by atoms with Crippen LogP contribution in [0.25, 0.3) is 0 Å². The predicted molar refractivity (Wildman–Crippen MR) is 61.9 cm³/mol. The Bertz CT molecular complexity index is 122. The van der Waals surface area contributed by atoms with Crippen LogP contribution < -0.4 is 0 Å². The summed E-state index contributed by atoms with van der Waals surface area (Å²) in [5, 5.41) is 0. The van der Waals surface area contributed by atoms with E-state index in [0.29, 0.717) is 5.41 Å². The van der Waals surface area contributed by atoms with E-state index in [1.54, 1.807) is 0 Å². The molecule has 0 aliphatic heterocycles. The first-order valence-electron chi connectivity index (χ1n) is 5.99. The smallest absolute Gasteiger partial charge is 0.0328 e. The van der Waals surface area contributed by atoms with Gasteiger partial charge in [-0.1, -0.05) is 60.8 Å². The van der Waals surface area contributed by atoms with Crippen molar-refractivity contribution in [2.45, 2.75) is 67.2 Å². The maximum absolute atomic E-state index is 2.44. The molecule has 0 radical (unpaired) electrons. The SMILES string of the molecule is CCC(C)C(C)CC(C)(CC)CC. The van der Waals surface area contributed by atoms with Crippen molar-refractivity contribution < 1.29 is 0 Å². The summed E-state index contributed by atoms with van der Waals surface area (Å²) in [4.78, 5) is 0. The van der Waals surface area contributed by atoms with Gasteiger partial charge in [0.2, 0.25) is 0 Å². The van der Waals surface area contributed by atoms with Crippen LogP contribution >= 0.6 is 0 Å². The molecule has 2 atom stereocenters. The molecule has 0 heteroatoms. The largest absolute Gasteiger partial charge is 0.0651 e. The summed E-state index contributed by atoms with van der Waals surface area (Å²) >= 11 is 0. The van der Waals surface area contributed by atoms with Crippen molar-refractivity contribution >= 4 is 0 Å². The molecule has 0 fully saturated rings. The van der Waals surface area contributed by atoms with Gasteiger partial charge in [0.05, 0.1) is 0 Å². The van der Waals surface area contributed by atoms with Crippen molar-refractivity contribution in [1.29, 1.82) is 0 Å². The van der Waals surface area contributed by atoms with Crippen LogP contribution in [-0.4, -0.2) is 0 Å². The van der Waals surface area contributed by atoms with Gasteiger partial charge >= 0.3 is 0 Å². The maximum atomic E-state index is 2.44. The van der Waals surface area contributed by atoms with Crippen LogP contribution in [0.3, 0.4) is 0 Å². The number of hydrogen-bond donors (Lipinski definition) is 0. The van der Waals surface area contributed by atoms with Gasteiger partial charge in [0.25, 0.3) is 0 Å². The molecule has 0 nitrogen and oxygen atoms in total. The Hall–Kier alpha value is 0. The third-order valence-electron chi connectivity index (χ3n) is 4.14. The van der Waals surface area contributed by atoms with E-state index in [0.717, 1.165) is 11.8 Å². The Morgan fingerprint density at radius 3 is 1.69 bits per heavy atom. The van der Waals surface area contributed by atoms with Crippen molar-refractivity contribution in [3.63, 3.8) is 0 Å². The first-order chi connectivity index (χ1) is 5.99. The maximum Gasteiger partial charge on any atom is -0.0328 e. The summed E-state index contributed by atoms with van der Waals surface area (Å²) in [6.07, 6.45) is 5.37. The zero-order valence-corrected chi connectivity index (χ0v) is 10.5. The summed E-state index contributed by atoms with van der Waals surface area (Å²) in [7, 11) is 0. The van der Waals surface area contributed by atoms with E-state index in [-0.39, 0.29) is 0 Å². The van der Waals surface area contributed by atoms with Crippen LogP contribution in [0.1, 0.15) is 67.2 Å². The van der Waals surface area contributed by atoms with Crippen LogP contribution in [0.2, 0.25) is 0 Å². The summed E-state index contributed by atoms with van der Waals surface area (Å²) in [5.41, 5.74) is 0.586. The fraction of sp³-hybridized carbons (Fsp3) is 1.00. The molecule has 0 rings (SSSR count). The van der Waals surface area contributed by atoms with Gasteiger partial charge in [0.1, 0.15) is 0 Å². The molecule has 0 N–H and O–H groups in total. The Morgan fingerprint density at radius 1 is 0.923 bits per heavy atom. The zero-order valence-electron chi connectivity index (χ0n) is 10.5. The molecule has 13 heavy (non-hydrogen) atoms. The summed E-state index contributed by atoms with van der Waals surface area (Å²) in [5.74, 6) is 1.77. The lowest BCUT2D eigenvalue weighted by Crippen LogP contribution is -2.21. The van der Waals surface area contributed by atoms with Crippen LogP contribution in [0.5, 0.6) is 0 Å². The predicted octanol–water partition coefficient (Wildman–Crippen LogP) is 4.89. The Morgan fingerprint density at radius 2 is 1.38 bits per heavy atom. The first kappa shape index (κ1) is 13.0. The lowest BCUT2D eigenvalue weighted by molar-refractivity contribution is 0.192. The van der Waals surface area contributed by atoms with Gasteiger partial charge < -0.3 is 0 Å². The lowest BCUT2D eigenvalue weighted by Gasteiger charge is -2.32. The van der Waals surface area contributed by atoms with E-state index >= 15 is 0 Å². The highest BCUT2D eigenvalue weighted by molar-refractivity contribution is 4.75. The molecule has 0 bridgehead atoms. The Balaban J connectivity index is 4.08. The minimum atomic E-state index is 0.586. The monoisotopic (exact) mass is 184 g/mol. The van der Waals surface area contributed by atoms with E-state index in [1.165, 1.54) is 25.7 Å². The molecule has 0 aliphatic carbocycles. The van der Waals surface area contributed by atoms with E-state index in [2.05, 4.69) is 41.5 Å². The fourth-order valence-corrected chi connectivity index (χ4v) is 1.92. The normalized spacial score (nSPS) is 17.1. The standard InChI is InChI=1S/C13H28/c1-7-11(4)12(5)10-13(6,8-2)9-3/h11-12H,7-10H2,1-6H3. The summed E-state index contributed by atoms with van der Waals surface area (Å²) in [6.45, 7) is 14.2. The van der Waals surface area contributed by atoms with Gasteiger partial charge in [-0.05, 0) is 23.7 Å². The molecule has 0 aliphatic rings. The molecule has 2 unspecified atom stereocenters. The number of rotatable bonds is 6. The molecule has 0 saturated carbocycles. The van der Waals surface area contributed by atoms with Gasteiger partial charge in [0, 0.05) is 0 Å². The average Bonchev–Trinajstić information content (AvgIpc) is 2.16. The van der Waals surface area contributed by atoms with E-state index in [1.807, 2.05) is 0 Å². The van der Waals surface area contributed by atoms with Crippen molar-refractivity contribution in [3.05, 3.63) is 0 Å². The van der Waals surface area contributed by atoms with E-state index in [9.17, 15) is 0 Å². The highest BCUT2D eigenvalue weighted by atomic mass is 14.3. The second kappa shape index (κ2) is 5.67. The molecule has 0 aromatic carbocycles.